The third-order valence-corrected chi connectivity index (χ3v) is 2.96. The van der Waals surface area contributed by atoms with Crippen molar-refractivity contribution in [2.45, 2.75) is 39.3 Å². The van der Waals surface area contributed by atoms with E-state index in [2.05, 4.69) is 10.6 Å². The number of para-hydroxylation sites is 1. The minimum absolute atomic E-state index is 0.0157. The Morgan fingerprint density at radius 1 is 1.37 bits per heavy atom. The fourth-order valence-electron chi connectivity index (χ4n) is 1.59. The van der Waals surface area contributed by atoms with Crippen LogP contribution in [0.2, 0.25) is 0 Å². The normalized spacial score (nSPS) is 12.1. The minimum Gasteiger partial charge on any atom is -0.504 e. The molecule has 0 fully saturated rings. The fraction of sp³-hybridized carbons (Fsp3) is 0.500. The second kappa shape index (κ2) is 7.63. The Morgan fingerprint density at radius 2 is 2.11 bits per heavy atom. The maximum atomic E-state index is 11.5. The van der Waals surface area contributed by atoms with E-state index in [4.69, 9.17) is 0 Å². The van der Waals surface area contributed by atoms with Gasteiger partial charge in [0.1, 0.15) is 0 Å². The average Bonchev–Trinajstić information content (AvgIpc) is 2.39. The zero-order chi connectivity index (χ0) is 14.3. The summed E-state index contributed by atoms with van der Waals surface area (Å²) in [6.45, 7) is 4.93. The van der Waals surface area contributed by atoms with Gasteiger partial charge in [-0.3, -0.25) is 4.79 Å². The first kappa shape index (κ1) is 15.3. The molecule has 5 nitrogen and oxygen atoms in total. The summed E-state index contributed by atoms with van der Waals surface area (Å²) in [6, 6.07) is 5.02. The molecule has 19 heavy (non-hydrogen) atoms. The predicted octanol–water partition coefficient (Wildman–Crippen LogP) is 1.49. The summed E-state index contributed by atoms with van der Waals surface area (Å²) >= 11 is 0. The Hall–Kier alpha value is -1.75. The van der Waals surface area contributed by atoms with Crippen LogP contribution in [0, 0.1) is 0 Å². The molecule has 1 atom stereocenters. The molecule has 0 saturated heterocycles. The molecule has 1 rings (SSSR count). The van der Waals surface area contributed by atoms with Gasteiger partial charge in [0, 0.05) is 31.1 Å². The van der Waals surface area contributed by atoms with Gasteiger partial charge in [-0.15, -0.1) is 0 Å². The molecule has 0 aliphatic rings. The number of nitrogens with one attached hydrogen (secondary N) is 2. The predicted molar refractivity (Wildman–Crippen MR) is 74.0 cm³/mol. The first-order chi connectivity index (χ1) is 9.04. The van der Waals surface area contributed by atoms with Crippen molar-refractivity contribution in [1.29, 1.82) is 0 Å². The number of aromatic hydroxyl groups is 2. The zero-order valence-corrected chi connectivity index (χ0v) is 11.4. The molecule has 0 spiro atoms. The van der Waals surface area contributed by atoms with Crippen molar-refractivity contribution in [3.63, 3.8) is 0 Å². The number of amides is 1. The standard InChI is InChI=1S/C14H22N2O3/c1-3-10(2)16-13(18)7-8-15-9-11-5-4-6-12(17)14(11)19/h4-6,10,15,17,19H,3,7-9H2,1-2H3,(H,16,18). The molecule has 1 unspecified atom stereocenters. The Kier molecular flexibility index (Phi) is 6.15. The third-order valence-electron chi connectivity index (χ3n) is 2.96. The molecule has 0 aromatic heterocycles. The quantitative estimate of drug-likeness (QED) is 0.445. The highest BCUT2D eigenvalue weighted by Gasteiger charge is 2.07. The van der Waals surface area contributed by atoms with Crippen LogP contribution in [-0.2, 0) is 11.3 Å². The maximum Gasteiger partial charge on any atom is 0.221 e. The lowest BCUT2D eigenvalue weighted by Crippen LogP contribution is -2.33. The molecular weight excluding hydrogens is 244 g/mol. The first-order valence-corrected chi connectivity index (χ1v) is 6.54. The summed E-state index contributed by atoms with van der Waals surface area (Å²) in [4.78, 5) is 11.5. The number of carbonyl (C=O) groups is 1. The van der Waals surface area contributed by atoms with Gasteiger partial charge < -0.3 is 20.8 Å². The van der Waals surface area contributed by atoms with Crippen molar-refractivity contribution < 1.29 is 15.0 Å². The van der Waals surface area contributed by atoms with Gasteiger partial charge in [0.05, 0.1) is 0 Å². The third kappa shape index (κ3) is 5.18. The summed E-state index contributed by atoms with van der Waals surface area (Å²) in [5.74, 6) is -0.227. The number of carbonyl (C=O) groups excluding carboxylic acids is 1. The van der Waals surface area contributed by atoms with Crippen molar-refractivity contribution in [3.8, 4) is 11.5 Å². The number of rotatable bonds is 7. The lowest BCUT2D eigenvalue weighted by molar-refractivity contribution is -0.121. The number of phenolic OH excluding ortho intramolecular Hbond substituents is 2. The molecular formula is C14H22N2O3. The molecule has 1 amide bonds. The molecule has 5 heteroatoms. The van der Waals surface area contributed by atoms with Crippen LogP contribution < -0.4 is 10.6 Å². The summed E-state index contributed by atoms with van der Waals surface area (Å²) in [6.07, 6.45) is 1.31. The minimum atomic E-state index is -0.131. The van der Waals surface area contributed by atoms with E-state index >= 15 is 0 Å². The topological polar surface area (TPSA) is 81.6 Å². The van der Waals surface area contributed by atoms with Gasteiger partial charge >= 0.3 is 0 Å². The van der Waals surface area contributed by atoms with E-state index in [1.165, 1.54) is 6.07 Å². The lowest BCUT2D eigenvalue weighted by Gasteiger charge is -2.12. The molecule has 0 aliphatic carbocycles. The van der Waals surface area contributed by atoms with Gasteiger partial charge in [0.15, 0.2) is 11.5 Å². The van der Waals surface area contributed by atoms with E-state index in [1.54, 1.807) is 12.1 Å². The molecule has 0 radical (unpaired) electrons. The first-order valence-electron chi connectivity index (χ1n) is 6.54. The Balaban J connectivity index is 2.27. The van der Waals surface area contributed by atoms with Crippen LogP contribution in [0.5, 0.6) is 11.5 Å². The van der Waals surface area contributed by atoms with E-state index in [0.29, 0.717) is 25.1 Å². The van der Waals surface area contributed by atoms with E-state index in [-0.39, 0.29) is 23.4 Å². The zero-order valence-electron chi connectivity index (χ0n) is 11.4. The van der Waals surface area contributed by atoms with E-state index < -0.39 is 0 Å². The highest BCUT2D eigenvalue weighted by atomic mass is 16.3. The fourth-order valence-corrected chi connectivity index (χ4v) is 1.59. The highest BCUT2D eigenvalue weighted by Crippen LogP contribution is 2.27. The Bertz CT molecular complexity index is 421. The van der Waals surface area contributed by atoms with E-state index in [0.717, 1.165) is 6.42 Å². The van der Waals surface area contributed by atoms with Gasteiger partial charge in [0.25, 0.3) is 0 Å². The summed E-state index contributed by atoms with van der Waals surface area (Å²) in [5, 5.41) is 24.9. The van der Waals surface area contributed by atoms with Crippen LogP contribution in [0.15, 0.2) is 18.2 Å². The number of hydrogen-bond donors (Lipinski definition) is 4. The maximum absolute atomic E-state index is 11.5. The molecule has 1 aromatic carbocycles. The van der Waals surface area contributed by atoms with Crippen molar-refractivity contribution in [2.24, 2.45) is 0 Å². The summed E-state index contributed by atoms with van der Waals surface area (Å²) in [5.41, 5.74) is 0.613. The summed E-state index contributed by atoms with van der Waals surface area (Å²) < 4.78 is 0. The van der Waals surface area contributed by atoms with Gasteiger partial charge in [-0.25, -0.2) is 0 Å². The second-order valence-corrected chi connectivity index (χ2v) is 4.59. The number of phenols is 2. The van der Waals surface area contributed by atoms with Crippen LogP contribution in [-0.4, -0.2) is 28.7 Å². The van der Waals surface area contributed by atoms with Crippen molar-refractivity contribution in [1.82, 2.24) is 10.6 Å². The SMILES string of the molecule is CCC(C)NC(=O)CCNCc1cccc(O)c1O. The molecule has 106 valence electrons. The van der Waals surface area contributed by atoms with Crippen LogP contribution in [0.1, 0.15) is 32.3 Å². The number of hydrogen-bond acceptors (Lipinski definition) is 4. The molecule has 1 aromatic rings. The van der Waals surface area contributed by atoms with Gasteiger partial charge in [0.2, 0.25) is 5.91 Å². The summed E-state index contributed by atoms with van der Waals surface area (Å²) in [7, 11) is 0. The van der Waals surface area contributed by atoms with E-state index in [9.17, 15) is 15.0 Å². The molecule has 0 aliphatic heterocycles. The average molecular weight is 266 g/mol. The van der Waals surface area contributed by atoms with Gasteiger partial charge in [-0.2, -0.15) is 0 Å². The van der Waals surface area contributed by atoms with Gasteiger partial charge in [-0.05, 0) is 19.4 Å². The molecule has 0 saturated carbocycles. The molecule has 0 bridgehead atoms. The monoisotopic (exact) mass is 266 g/mol. The highest BCUT2D eigenvalue weighted by molar-refractivity contribution is 5.76. The van der Waals surface area contributed by atoms with Crippen molar-refractivity contribution in [2.75, 3.05) is 6.54 Å². The molecule has 0 heterocycles. The van der Waals surface area contributed by atoms with Gasteiger partial charge in [-0.1, -0.05) is 19.1 Å². The van der Waals surface area contributed by atoms with Crippen molar-refractivity contribution in [3.05, 3.63) is 23.8 Å². The van der Waals surface area contributed by atoms with E-state index in [1.807, 2.05) is 13.8 Å². The second-order valence-electron chi connectivity index (χ2n) is 4.59. The van der Waals surface area contributed by atoms with Crippen LogP contribution in [0.4, 0.5) is 0 Å². The van der Waals surface area contributed by atoms with Crippen LogP contribution in [0.25, 0.3) is 0 Å². The van der Waals surface area contributed by atoms with Crippen LogP contribution >= 0.6 is 0 Å². The Morgan fingerprint density at radius 3 is 2.79 bits per heavy atom. The molecule has 4 N–H and O–H groups in total. The van der Waals surface area contributed by atoms with Crippen molar-refractivity contribution >= 4 is 5.91 Å². The van der Waals surface area contributed by atoms with Crippen LogP contribution in [0.3, 0.4) is 0 Å². The number of benzene rings is 1. The lowest BCUT2D eigenvalue weighted by atomic mass is 10.2. The Labute approximate surface area is 113 Å². The largest absolute Gasteiger partial charge is 0.504 e. The smallest absolute Gasteiger partial charge is 0.221 e.